The number of rotatable bonds is 6. The predicted molar refractivity (Wildman–Crippen MR) is 232 cm³/mol. The lowest BCUT2D eigenvalue weighted by molar-refractivity contribution is 1.14. The van der Waals surface area contributed by atoms with Crippen molar-refractivity contribution < 1.29 is 0 Å². The maximum Gasteiger partial charge on any atom is 0.162 e. The number of hydrogen-bond acceptors (Lipinski definition) is 2. The molecular weight excluding hydrogens is 681 g/mol. The quantitative estimate of drug-likeness (QED) is 0.172. The van der Waals surface area contributed by atoms with Gasteiger partial charge in [-0.15, -0.1) is 0 Å². The van der Waals surface area contributed by atoms with Gasteiger partial charge in [0.2, 0.25) is 0 Å². The van der Waals surface area contributed by atoms with Crippen molar-refractivity contribution in [2.24, 2.45) is 0 Å². The smallest absolute Gasteiger partial charge is 0.162 e. The molecule has 3 aromatic heterocycles. The molecule has 0 N–H and O–H groups in total. The van der Waals surface area contributed by atoms with Crippen LogP contribution in [0.3, 0.4) is 0 Å². The summed E-state index contributed by atoms with van der Waals surface area (Å²) in [6.45, 7) is 0. The number of para-hydroxylation sites is 4. The van der Waals surface area contributed by atoms with E-state index in [0.717, 1.165) is 50.5 Å². The second kappa shape index (κ2) is 13.1. The Morgan fingerprint density at radius 1 is 0.304 bits per heavy atom. The van der Waals surface area contributed by atoms with E-state index >= 15 is 0 Å². The Hall–Kier alpha value is -7.56. The van der Waals surface area contributed by atoms with Gasteiger partial charge in [0.1, 0.15) is 0 Å². The molecule has 0 bridgehead atoms. The third-order valence-corrected chi connectivity index (χ3v) is 10.9. The van der Waals surface area contributed by atoms with Gasteiger partial charge in [-0.05, 0) is 77.9 Å². The molecule has 0 aliphatic carbocycles. The molecule has 0 aliphatic rings. The van der Waals surface area contributed by atoms with Crippen molar-refractivity contribution in [3.63, 3.8) is 0 Å². The van der Waals surface area contributed by atoms with Gasteiger partial charge in [0.15, 0.2) is 5.82 Å². The first kappa shape index (κ1) is 31.9. The van der Waals surface area contributed by atoms with Crippen LogP contribution in [0, 0.1) is 0 Å². The molecule has 0 fully saturated rings. The number of hydrogen-bond donors (Lipinski definition) is 0. The topological polar surface area (TPSA) is 35.6 Å². The molecule has 4 nitrogen and oxygen atoms in total. The van der Waals surface area contributed by atoms with Crippen LogP contribution in [0.2, 0.25) is 0 Å². The number of fused-ring (bicyclic) bond motifs is 6. The third kappa shape index (κ3) is 5.23. The van der Waals surface area contributed by atoms with E-state index in [2.05, 4.69) is 203 Å². The van der Waals surface area contributed by atoms with Crippen LogP contribution in [0.4, 0.5) is 0 Å². The summed E-state index contributed by atoms with van der Waals surface area (Å²) >= 11 is 0. The Morgan fingerprint density at radius 2 is 0.750 bits per heavy atom. The molecule has 0 saturated carbocycles. The summed E-state index contributed by atoms with van der Waals surface area (Å²) in [5, 5.41) is 4.89. The van der Waals surface area contributed by atoms with Crippen molar-refractivity contribution in [2.75, 3.05) is 0 Å². The van der Waals surface area contributed by atoms with E-state index in [9.17, 15) is 0 Å². The molecule has 4 heteroatoms. The fourth-order valence-corrected chi connectivity index (χ4v) is 8.36. The molecule has 0 unspecified atom stereocenters. The van der Waals surface area contributed by atoms with Crippen LogP contribution in [0.15, 0.2) is 206 Å². The minimum atomic E-state index is 0.686. The molecule has 0 spiro atoms. The summed E-state index contributed by atoms with van der Waals surface area (Å²) in [7, 11) is 0. The minimum absolute atomic E-state index is 0.686. The standard InChI is InChI=1S/C52H34N4/c1-4-16-35(17-5-1)45-34-46(36-18-6-2-7-19-36)54-52(53-45)42-24-12-15-27-49(42)56-48-26-14-11-23-41(48)44-33-38(29-31-51(44)56)37-28-30-50-43(32-37)40-22-10-13-25-47(40)55(50)39-20-8-3-9-21-39/h1-34H. The van der Waals surface area contributed by atoms with E-state index < -0.39 is 0 Å². The average Bonchev–Trinajstić information content (AvgIpc) is 3.79. The van der Waals surface area contributed by atoms with Gasteiger partial charge in [-0.1, -0.05) is 140 Å². The summed E-state index contributed by atoms with van der Waals surface area (Å²) in [6.07, 6.45) is 0. The first-order valence-corrected chi connectivity index (χ1v) is 19.0. The highest BCUT2D eigenvalue weighted by Gasteiger charge is 2.20. The molecule has 0 radical (unpaired) electrons. The summed E-state index contributed by atoms with van der Waals surface area (Å²) < 4.78 is 4.74. The van der Waals surface area contributed by atoms with Gasteiger partial charge in [-0.3, -0.25) is 0 Å². The first-order chi connectivity index (χ1) is 27.8. The minimum Gasteiger partial charge on any atom is -0.309 e. The predicted octanol–water partition coefficient (Wildman–Crippen LogP) is 13.3. The maximum absolute atomic E-state index is 5.23. The van der Waals surface area contributed by atoms with Crippen LogP contribution in [0.5, 0.6) is 0 Å². The van der Waals surface area contributed by atoms with Gasteiger partial charge in [0.25, 0.3) is 0 Å². The molecule has 0 saturated heterocycles. The lowest BCUT2D eigenvalue weighted by Crippen LogP contribution is -2.01. The zero-order valence-corrected chi connectivity index (χ0v) is 30.4. The Kier molecular flexibility index (Phi) is 7.46. The van der Waals surface area contributed by atoms with E-state index in [0.29, 0.717) is 5.82 Å². The summed E-state index contributed by atoms with van der Waals surface area (Å²) in [5.41, 5.74) is 14.1. The molecule has 56 heavy (non-hydrogen) atoms. The summed E-state index contributed by atoms with van der Waals surface area (Å²) in [4.78, 5) is 10.5. The van der Waals surface area contributed by atoms with Crippen LogP contribution < -0.4 is 0 Å². The maximum atomic E-state index is 5.23. The average molecular weight is 715 g/mol. The van der Waals surface area contributed by atoms with E-state index in [1.165, 1.54) is 43.7 Å². The van der Waals surface area contributed by atoms with Gasteiger partial charge < -0.3 is 9.13 Å². The second-order valence-corrected chi connectivity index (χ2v) is 14.2. The zero-order valence-electron chi connectivity index (χ0n) is 30.4. The normalized spacial score (nSPS) is 11.6. The molecule has 262 valence electrons. The Morgan fingerprint density at radius 3 is 1.34 bits per heavy atom. The van der Waals surface area contributed by atoms with Crippen LogP contribution >= 0.6 is 0 Å². The van der Waals surface area contributed by atoms with Crippen LogP contribution in [0.25, 0.3) is 100 Å². The Labute approximate surface area is 324 Å². The molecule has 11 rings (SSSR count). The lowest BCUT2D eigenvalue weighted by Gasteiger charge is -2.15. The van der Waals surface area contributed by atoms with Gasteiger partial charge in [0.05, 0.1) is 39.1 Å². The summed E-state index contributed by atoms with van der Waals surface area (Å²) in [5.74, 6) is 0.686. The number of benzene rings is 8. The third-order valence-electron chi connectivity index (χ3n) is 10.9. The highest BCUT2D eigenvalue weighted by molar-refractivity contribution is 6.13. The monoisotopic (exact) mass is 714 g/mol. The van der Waals surface area contributed by atoms with Crippen LogP contribution in [-0.4, -0.2) is 19.1 Å². The van der Waals surface area contributed by atoms with Crippen LogP contribution in [0.1, 0.15) is 0 Å². The fraction of sp³-hybridized carbons (Fsp3) is 0. The number of aromatic nitrogens is 4. The summed E-state index contributed by atoms with van der Waals surface area (Å²) in [6, 6.07) is 73.2. The van der Waals surface area contributed by atoms with Crippen molar-refractivity contribution in [1.29, 1.82) is 0 Å². The van der Waals surface area contributed by atoms with Crippen molar-refractivity contribution in [3.8, 4) is 56.4 Å². The highest BCUT2D eigenvalue weighted by atomic mass is 15.0. The fourth-order valence-electron chi connectivity index (χ4n) is 8.36. The first-order valence-electron chi connectivity index (χ1n) is 19.0. The Bertz CT molecular complexity index is 3170. The molecule has 0 aliphatic heterocycles. The van der Waals surface area contributed by atoms with Gasteiger partial charge >= 0.3 is 0 Å². The SMILES string of the molecule is c1ccc(-c2cc(-c3ccccc3)nc(-c3ccccc3-n3c4ccccc4c4cc(-c5ccc6c(c5)c5ccccc5n6-c5ccccc5)ccc43)n2)cc1. The van der Waals surface area contributed by atoms with E-state index in [1.54, 1.807) is 0 Å². The molecule has 0 atom stereocenters. The van der Waals surface area contributed by atoms with Gasteiger partial charge in [-0.25, -0.2) is 9.97 Å². The van der Waals surface area contributed by atoms with Crippen molar-refractivity contribution in [2.45, 2.75) is 0 Å². The zero-order chi connectivity index (χ0) is 37.0. The molecular formula is C52H34N4. The van der Waals surface area contributed by atoms with E-state index in [-0.39, 0.29) is 0 Å². The number of nitrogens with zero attached hydrogens (tertiary/aromatic N) is 4. The largest absolute Gasteiger partial charge is 0.309 e. The molecule has 0 amide bonds. The van der Waals surface area contributed by atoms with Crippen molar-refractivity contribution in [1.82, 2.24) is 19.1 Å². The highest BCUT2D eigenvalue weighted by Crippen LogP contribution is 2.40. The van der Waals surface area contributed by atoms with E-state index in [1.807, 2.05) is 12.1 Å². The van der Waals surface area contributed by atoms with Gasteiger partial charge in [0, 0.05) is 43.9 Å². The Balaban J connectivity index is 1.09. The second-order valence-electron chi connectivity index (χ2n) is 14.2. The molecule has 11 aromatic rings. The van der Waals surface area contributed by atoms with Crippen LogP contribution in [-0.2, 0) is 0 Å². The molecule has 8 aromatic carbocycles. The molecule has 3 heterocycles. The van der Waals surface area contributed by atoms with Gasteiger partial charge in [-0.2, -0.15) is 0 Å². The van der Waals surface area contributed by atoms with Crippen molar-refractivity contribution >= 4 is 43.6 Å². The van der Waals surface area contributed by atoms with Crippen molar-refractivity contribution in [3.05, 3.63) is 206 Å². The lowest BCUT2D eigenvalue weighted by atomic mass is 10.0. The van der Waals surface area contributed by atoms with E-state index in [4.69, 9.17) is 9.97 Å².